The van der Waals surface area contributed by atoms with Crippen LogP contribution in [0.5, 0.6) is 23.1 Å². The first-order valence-electron chi connectivity index (χ1n) is 6.35. The van der Waals surface area contributed by atoms with E-state index in [1.807, 2.05) is 13.8 Å². The van der Waals surface area contributed by atoms with Crippen LogP contribution in [0.15, 0.2) is 30.7 Å². The summed E-state index contributed by atoms with van der Waals surface area (Å²) >= 11 is 0. The van der Waals surface area contributed by atoms with Gasteiger partial charge in [0.05, 0.1) is 0 Å². The summed E-state index contributed by atoms with van der Waals surface area (Å²) in [5.74, 6) is 0.389. The normalized spacial score (nSPS) is 11.3. The molecule has 0 spiro atoms. The average molecular weight is 290 g/mol. The van der Waals surface area contributed by atoms with Crippen molar-refractivity contribution in [2.45, 2.75) is 13.8 Å². The van der Waals surface area contributed by atoms with Gasteiger partial charge in [-0.2, -0.15) is 0 Å². The molecule has 7 heteroatoms. The summed E-state index contributed by atoms with van der Waals surface area (Å²) in [6.45, 7) is 4.16. The van der Waals surface area contributed by atoms with E-state index in [0.29, 0.717) is 17.2 Å². The van der Waals surface area contributed by atoms with Crippen LogP contribution in [0, 0.1) is 0 Å². The molecule has 2 heterocycles. The van der Waals surface area contributed by atoms with E-state index >= 15 is 0 Å². The molecule has 1 aromatic heterocycles. The third-order valence-electron chi connectivity index (χ3n) is 2.46. The standard InChI is InChI=1S/C12H8N2O5.C2H6/c15-12(16)8-4-13-5-14-11(8)19-7-1-2-9-10(3-7)18-6-17-9;1-2/h1-5H,6H2,(H,15,16);1-2H3. The molecule has 2 aromatic rings. The summed E-state index contributed by atoms with van der Waals surface area (Å²) in [5.41, 5.74) is -0.111. The number of aromatic carboxylic acids is 1. The molecule has 7 nitrogen and oxygen atoms in total. The molecule has 0 saturated heterocycles. The van der Waals surface area contributed by atoms with Crippen LogP contribution in [0.1, 0.15) is 24.2 Å². The Morgan fingerprint density at radius 1 is 1.29 bits per heavy atom. The third kappa shape index (κ3) is 3.19. The molecule has 0 atom stereocenters. The highest BCUT2D eigenvalue weighted by molar-refractivity contribution is 5.89. The number of hydrogen-bond acceptors (Lipinski definition) is 6. The minimum atomic E-state index is -1.16. The quantitative estimate of drug-likeness (QED) is 0.929. The van der Waals surface area contributed by atoms with Crippen LogP contribution in [-0.4, -0.2) is 27.8 Å². The Bertz CT molecular complexity index is 645. The summed E-state index contributed by atoms with van der Waals surface area (Å²) in [5, 5.41) is 8.99. The van der Waals surface area contributed by atoms with Crippen molar-refractivity contribution >= 4 is 5.97 Å². The van der Waals surface area contributed by atoms with Crippen molar-refractivity contribution in [3.63, 3.8) is 0 Å². The van der Waals surface area contributed by atoms with Crippen LogP contribution < -0.4 is 14.2 Å². The van der Waals surface area contributed by atoms with E-state index < -0.39 is 5.97 Å². The predicted octanol–water partition coefficient (Wildman–Crippen LogP) is 2.72. The molecule has 110 valence electrons. The van der Waals surface area contributed by atoms with Crippen molar-refractivity contribution in [2.75, 3.05) is 6.79 Å². The van der Waals surface area contributed by atoms with Crippen molar-refractivity contribution in [3.8, 4) is 23.1 Å². The first kappa shape index (κ1) is 14.6. The van der Waals surface area contributed by atoms with Gasteiger partial charge in [0.15, 0.2) is 11.5 Å². The average Bonchev–Trinajstić information content (AvgIpc) is 2.97. The highest BCUT2D eigenvalue weighted by Gasteiger charge is 2.17. The molecule has 1 N–H and O–H groups in total. The number of fused-ring (bicyclic) bond motifs is 1. The second kappa shape index (κ2) is 6.56. The van der Waals surface area contributed by atoms with Gasteiger partial charge in [0.2, 0.25) is 12.7 Å². The van der Waals surface area contributed by atoms with E-state index in [-0.39, 0.29) is 18.2 Å². The Morgan fingerprint density at radius 2 is 2.05 bits per heavy atom. The van der Waals surface area contributed by atoms with Crippen LogP contribution in [0.3, 0.4) is 0 Å². The first-order valence-corrected chi connectivity index (χ1v) is 6.35. The van der Waals surface area contributed by atoms with Gasteiger partial charge in [-0.15, -0.1) is 0 Å². The lowest BCUT2D eigenvalue weighted by molar-refractivity contribution is 0.0693. The van der Waals surface area contributed by atoms with E-state index in [2.05, 4.69) is 9.97 Å². The fourth-order valence-electron chi connectivity index (χ4n) is 1.60. The zero-order valence-corrected chi connectivity index (χ0v) is 11.6. The highest BCUT2D eigenvalue weighted by atomic mass is 16.7. The van der Waals surface area contributed by atoms with Crippen LogP contribution in [-0.2, 0) is 0 Å². The van der Waals surface area contributed by atoms with Gasteiger partial charge in [0.25, 0.3) is 0 Å². The van der Waals surface area contributed by atoms with Crippen LogP contribution in [0.2, 0.25) is 0 Å². The molecule has 0 bridgehead atoms. The van der Waals surface area contributed by atoms with Gasteiger partial charge in [-0.3, -0.25) is 0 Å². The molecule has 1 aliphatic heterocycles. The number of aromatic nitrogens is 2. The van der Waals surface area contributed by atoms with Gasteiger partial charge < -0.3 is 19.3 Å². The second-order valence-electron chi connectivity index (χ2n) is 3.66. The molecular formula is C14H14N2O5. The first-order chi connectivity index (χ1) is 10.2. The molecule has 0 fully saturated rings. The maximum atomic E-state index is 11.0. The molecule has 0 radical (unpaired) electrons. The molecule has 0 amide bonds. The molecule has 1 aliphatic rings. The van der Waals surface area contributed by atoms with Crippen molar-refractivity contribution < 1.29 is 24.1 Å². The summed E-state index contributed by atoms with van der Waals surface area (Å²) in [7, 11) is 0. The van der Waals surface area contributed by atoms with E-state index in [9.17, 15) is 4.79 Å². The molecule has 1 aromatic carbocycles. The van der Waals surface area contributed by atoms with Gasteiger partial charge in [-0.25, -0.2) is 14.8 Å². The van der Waals surface area contributed by atoms with Crippen LogP contribution in [0.4, 0.5) is 0 Å². The van der Waals surface area contributed by atoms with Gasteiger partial charge in [0.1, 0.15) is 17.6 Å². The van der Waals surface area contributed by atoms with Crippen molar-refractivity contribution in [1.29, 1.82) is 0 Å². The Balaban J connectivity index is 0.000000774. The van der Waals surface area contributed by atoms with Gasteiger partial charge >= 0.3 is 5.97 Å². The van der Waals surface area contributed by atoms with Gasteiger partial charge in [-0.1, -0.05) is 13.8 Å². The van der Waals surface area contributed by atoms with E-state index in [1.54, 1.807) is 18.2 Å². The second-order valence-corrected chi connectivity index (χ2v) is 3.66. The number of carbonyl (C=O) groups is 1. The van der Waals surface area contributed by atoms with Gasteiger partial charge in [0, 0.05) is 12.3 Å². The summed E-state index contributed by atoms with van der Waals surface area (Å²) < 4.78 is 15.8. The number of ether oxygens (including phenoxy) is 3. The van der Waals surface area contributed by atoms with Crippen LogP contribution >= 0.6 is 0 Å². The Kier molecular flexibility index (Phi) is 4.55. The lowest BCUT2D eigenvalue weighted by Gasteiger charge is -2.07. The van der Waals surface area contributed by atoms with Gasteiger partial charge in [-0.05, 0) is 12.1 Å². The zero-order valence-electron chi connectivity index (χ0n) is 11.6. The summed E-state index contributed by atoms with van der Waals surface area (Å²) in [6, 6.07) is 4.93. The zero-order chi connectivity index (χ0) is 15.2. The van der Waals surface area contributed by atoms with E-state index in [4.69, 9.17) is 19.3 Å². The maximum Gasteiger partial charge on any atom is 0.342 e. The molecule has 0 unspecified atom stereocenters. The molecular weight excluding hydrogens is 276 g/mol. The number of benzene rings is 1. The lowest BCUT2D eigenvalue weighted by atomic mass is 10.3. The minimum absolute atomic E-state index is 0.0265. The molecule has 21 heavy (non-hydrogen) atoms. The van der Waals surface area contributed by atoms with Crippen molar-refractivity contribution in [2.24, 2.45) is 0 Å². The van der Waals surface area contributed by atoms with E-state index in [0.717, 1.165) is 0 Å². The molecule has 0 saturated carbocycles. The predicted molar refractivity (Wildman–Crippen MR) is 73.0 cm³/mol. The maximum absolute atomic E-state index is 11.0. The van der Waals surface area contributed by atoms with Crippen LogP contribution in [0.25, 0.3) is 0 Å². The Morgan fingerprint density at radius 3 is 2.81 bits per heavy atom. The van der Waals surface area contributed by atoms with E-state index in [1.165, 1.54) is 12.5 Å². The fourth-order valence-corrected chi connectivity index (χ4v) is 1.60. The van der Waals surface area contributed by atoms with Crippen molar-refractivity contribution in [3.05, 3.63) is 36.3 Å². The highest BCUT2D eigenvalue weighted by Crippen LogP contribution is 2.36. The number of rotatable bonds is 3. The topological polar surface area (TPSA) is 90.8 Å². The number of carboxylic acid groups (broad SMARTS) is 1. The smallest absolute Gasteiger partial charge is 0.342 e. The number of hydrogen-bond donors (Lipinski definition) is 1. The lowest BCUT2D eigenvalue weighted by Crippen LogP contribution is -2.02. The molecule has 3 rings (SSSR count). The summed E-state index contributed by atoms with van der Waals surface area (Å²) in [6.07, 6.45) is 2.40. The summed E-state index contributed by atoms with van der Waals surface area (Å²) in [4.78, 5) is 18.4. The largest absolute Gasteiger partial charge is 0.477 e. The monoisotopic (exact) mass is 290 g/mol. The fraction of sp³-hybridized carbons (Fsp3) is 0.214. The Hall–Kier alpha value is -2.83. The molecule has 0 aliphatic carbocycles. The minimum Gasteiger partial charge on any atom is -0.477 e. The Labute approximate surface area is 121 Å². The number of carboxylic acids is 1. The van der Waals surface area contributed by atoms with Crippen molar-refractivity contribution in [1.82, 2.24) is 9.97 Å². The number of nitrogens with zero attached hydrogens (tertiary/aromatic N) is 2. The third-order valence-corrected chi connectivity index (χ3v) is 2.46. The SMILES string of the molecule is CC.O=C(O)c1cncnc1Oc1ccc2c(c1)OCO2.